The van der Waals surface area contributed by atoms with Gasteiger partial charge >= 0.3 is 0 Å². The number of nitrogens with zero attached hydrogens (tertiary/aromatic N) is 2. The summed E-state index contributed by atoms with van der Waals surface area (Å²) in [5, 5.41) is 0.884. The molecular weight excluding hydrogens is 264 g/mol. The minimum atomic E-state index is -0.239. The van der Waals surface area contributed by atoms with E-state index < -0.39 is 0 Å². The number of hydrogen-bond donors (Lipinski definition) is 2. The van der Waals surface area contributed by atoms with E-state index in [9.17, 15) is 4.79 Å². The minimum absolute atomic E-state index is 0.239. The first-order valence-corrected chi connectivity index (χ1v) is 7.14. The number of pyridine rings is 1. The molecule has 1 aromatic heterocycles. The number of nitrogens with two attached hydrogens (primary N) is 1. The fourth-order valence-electron chi connectivity index (χ4n) is 3.01. The van der Waals surface area contributed by atoms with E-state index in [-0.39, 0.29) is 5.91 Å². The number of aryl methyl sites for hydroxylation is 2. The van der Waals surface area contributed by atoms with Crippen LogP contribution in [0.4, 0.5) is 0 Å². The standard InChI is InChI=1S/C16H20N4O/c1-9-4-5-11-14(16(21)19-17)12-8-20(3)7-6-13(12)18-15(11)10(9)2/h4-5H,6-8,17H2,1-3H3,(H,19,21). The molecule has 2 heterocycles. The number of amides is 1. The Balaban J connectivity index is 2.39. The van der Waals surface area contributed by atoms with Crippen molar-refractivity contribution in [1.82, 2.24) is 15.3 Å². The van der Waals surface area contributed by atoms with Crippen molar-refractivity contribution in [3.8, 4) is 0 Å². The van der Waals surface area contributed by atoms with Crippen LogP contribution in [0.3, 0.4) is 0 Å². The van der Waals surface area contributed by atoms with E-state index in [4.69, 9.17) is 10.8 Å². The van der Waals surface area contributed by atoms with Crippen LogP contribution in [0.25, 0.3) is 10.9 Å². The van der Waals surface area contributed by atoms with Crippen LogP contribution in [0.1, 0.15) is 32.7 Å². The first kappa shape index (κ1) is 14.0. The summed E-state index contributed by atoms with van der Waals surface area (Å²) in [6.07, 6.45) is 0.861. The van der Waals surface area contributed by atoms with Crippen molar-refractivity contribution >= 4 is 16.8 Å². The van der Waals surface area contributed by atoms with E-state index in [1.807, 2.05) is 12.1 Å². The molecule has 5 heteroatoms. The molecule has 0 spiro atoms. The summed E-state index contributed by atoms with van der Waals surface area (Å²) < 4.78 is 0. The zero-order chi connectivity index (χ0) is 15.1. The fraction of sp³-hybridized carbons (Fsp3) is 0.375. The highest BCUT2D eigenvalue weighted by molar-refractivity contribution is 6.08. The highest BCUT2D eigenvalue weighted by Gasteiger charge is 2.24. The number of benzene rings is 1. The van der Waals surface area contributed by atoms with Crippen LogP contribution in [0.5, 0.6) is 0 Å². The normalized spacial score (nSPS) is 15.0. The number of hydrogen-bond acceptors (Lipinski definition) is 4. The summed E-state index contributed by atoms with van der Waals surface area (Å²) in [7, 11) is 2.05. The smallest absolute Gasteiger partial charge is 0.266 e. The van der Waals surface area contributed by atoms with Gasteiger partial charge in [0.2, 0.25) is 0 Å². The van der Waals surface area contributed by atoms with E-state index in [2.05, 4.69) is 31.2 Å². The molecule has 0 atom stereocenters. The van der Waals surface area contributed by atoms with Crippen LogP contribution in [-0.4, -0.2) is 29.4 Å². The van der Waals surface area contributed by atoms with Crippen molar-refractivity contribution in [2.45, 2.75) is 26.8 Å². The Morgan fingerprint density at radius 2 is 2.14 bits per heavy atom. The molecule has 110 valence electrons. The Hall–Kier alpha value is -1.98. The first-order chi connectivity index (χ1) is 10.0. The molecule has 5 nitrogen and oxygen atoms in total. The Bertz CT molecular complexity index is 739. The molecule has 1 aliphatic heterocycles. The molecule has 2 aromatic rings. The van der Waals surface area contributed by atoms with E-state index in [1.54, 1.807) is 0 Å². The Kier molecular flexibility index (Phi) is 3.39. The zero-order valence-corrected chi connectivity index (χ0v) is 12.7. The van der Waals surface area contributed by atoms with Gasteiger partial charge in [0.25, 0.3) is 5.91 Å². The molecule has 1 aliphatic rings. The third-order valence-corrected chi connectivity index (χ3v) is 4.38. The monoisotopic (exact) mass is 284 g/mol. The van der Waals surface area contributed by atoms with Crippen molar-refractivity contribution in [3.63, 3.8) is 0 Å². The lowest BCUT2D eigenvalue weighted by Crippen LogP contribution is -2.34. The van der Waals surface area contributed by atoms with Crippen LogP contribution in [0.2, 0.25) is 0 Å². The van der Waals surface area contributed by atoms with Gasteiger partial charge in [0.1, 0.15) is 0 Å². The highest BCUT2D eigenvalue weighted by atomic mass is 16.2. The molecule has 1 aromatic carbocycles. The van der Waals surface area contributed by atoms with Gasteiger partial charge in [0.15, 0.2) is 0 Å². The summed E-state index contributed by atoms with van der Waals surface area (Å²) in [4.78, 5) is 19.4. The van der Waals surface area contributed by atoms with Crippen LogP contribution < -0.4 is 11.3 Å². The zero-order valence-electron chi connectivity index (χ0n) is 12.7. The van der Waals surface area contributed by atoms with Crippen molar-refractivity contribution in [2.24, 2.45) is 5.84 Å². The maximum absolute atomic E-state index is 12.3. The van der Waals surface area contributed by atoms with Gasteiger partial charge in [-0.25, -0.2) is 5.84 Å². The number of carbonyl (C=O) groups is 1. The second kappa shape index (κ2) is 5.09. The molecule has 0 fully saturated rings. The molecule has 3 rings (SSSR count). The number of rotatable bonds is 1. The summed E-state index contributed by atoms with van der Waals surface area (Å²) in [6, 6.07) is 4.01. The quantitative estimate of drug-likeness (QED) is 0.472. The van der Waals surface area contributed by atoms with Crippen molar-refractivity contribution < 1.29 is 4.79 Å². The summed E-state index contributed by atoms with van der Waals surface area (Å²) in [5.74, 6) is 5.16. The minimum Gasteiger partial charge on any atom is -0.302 e. The third-order valence-electron chi connectivity index (χ3n) is 4.38. The van der Waals surface area contributed by atoms with Crippen LogP contribution in [0, 0.1) is 13.8 Å². The van der Waals surface area contributed by atoms with Gasteiger partial charge in [0.05, 0.1) is 11.1 Å². The van der Waals surface area contributed by atoms with E-state index in [1.165, 1.54) is 5.56 Å². The Labute approximate surface area is 124 Å². The predicted molar refractivity (Wildman–Crippen MR) is 82.9 cm³/mol. The maximum Gasteiger partial charge on any atom is 0.266 e. The van der Waals surface area contributed by atoms with Gasteiger partial charge in [-0.3, -0.25) is 15.2 Å². The summed E-state index contributed by atoms with van der Waals surface area (Å²) in [6.45, 7) is 5.80. The number of carbonyl (C=O) groups excluding carboxylic acids is 1. The largest absolute Gasteiger partial charge is 0.302 e. The van der Waals surface area contributed by atoms with E-state index in [0.717, 1.165) is 47.2 Å². The summed E-state index contributed by atoms with van der Waals surface area (Å²) in [5.41, 5.74) is 8.21. The molecule has 0 saturated heterocycles. The highest BCUT2D eigenvalue weighted by Crippen LogP contribution is 2.30. The summed E-state index contributed by atoms with van der Waals surface area (Å²) >= 11 is 0. The van der Waals surface area contributed by atoms with Crippen molar-refractivity contribution in [3.05, 3.63) is 40.1 Å². The first-order valence-electron chi connectivity index (χ1n) is 7.14. The van der Waals surface area contributed by atoms with Gasteiger partial charge in [-0.1, -0.05) is 12.1 Å². The average molecular weight is 284 g/mol. The lowest BCUT2D eigenvalue weighted by molar-refractivity contribution is 0.0953. The second-order valence-electron chi connectivity index (χ2n) is 5.78. The number of aromatic nitrogens is 1. The SMILES string of the molecule is Cc1ccc2c(C(=O)NN)c3c(nc2c1C)CCN(C)C3. The molecular formula is C16H20N4O. The molecule has 3 N–H and O–H groups in total. The number of nitrogens with one attached hydrogen (secondary N) is 1. The van der Waals surface area contributed by atoms with Gasteiger partial charge in [-0.05, 0) is 32.0 Å². The number of fused-ring (bicyclic) bond motifs is 2. The van der Waals surface area contributed by atoms with E-state index in [0.29, 0.717) is 5.56 Å². The number of hydrazine groups is 1. The maximum atomic E-state index is 12.3. The third kappa shape index (κ3) is 2.18. The molecule has 0 aliphatic carbocycles. The molecule has 0 unspecified atom stereocenters. The lowest BCUT2D eigenvalue weighted by atomic mass is 9.93. The van der Waals surface area contributed by atoms with Crippen LogP contribution in [-0.2, 0) is 13.0 Å². The Morgan fingerprint density at radius 1 is 1.38 bits per heavy atom. The fourth-order valence-corrected chi connectivity index (χ4v) is 3.01. The van der Waals surface area contributed by atoms with E-state index >= 15 is 0 Å². The second-order valence-corrected chi connectivity index (χ2v) is 5.78. The number of likely N-dealkylation sites (N-methyl/N-ethyl adjacent to an activating group) is 1. The van der Waals surface area contributed by atoms with Crippen LogP contribution >= 0.6 is 0 Å². The molecule has 1 amide bonds. The lowest BCUT2D eigenvalue weighted by Gasteiger charge is -2.27. The van der Waals surface area contributed by atoms with Crippen LogP contribution in [0.15, 0.2) is 12.1 Å². The van der Waals surface area contributed by atoms with Gasteiger partial charge in [-0.2, -0.15) is 0 Å². The molecule has 21 heavy (non-hydrogen) atoms. The predicted octanol–water partition coefficient (Wildman–Crippen LogP) is 1.44. The molecule has 0 radical (unpaired) electrons. The average Bonchev–Trinajstić information content (AvgIpc) is 2.48. The molecule has 0 saturated carbocycles. The van der Waals surface area contributed by atoms with Gasteiger partial charge < -0.3 is 4.90 Å². The molecule has 0 bridgehead atoms. The topological polar surface area (TPSA) is 71.2 Å². The van der Waals surface area contributed by atoms with Crippen molar-refractivity contribution in [1.29, 1.82) is 0 Å². The Morgan fingerprint density at radius 3 is 2.86 bits per heavy atom. The van der Waals surface area contributed by atoms with Crippen molar-refractivity contribution in [2.75, 3.05) is 13.6 Å². The van der Waals surface area contributed by atoms with Gasteiger partial charge in [-0.15, -0.1) is 0 Å². The number of nitrogen functional groups attached to an aromatic ring is 1. The van der Waals surface area contributed by atoms with Gasteiger partial charge in [0, 0.05) is 36.2 Å².